The summed E-state index contributed by atoms with van der Waals surface area (Å²) in [6.07, 6.45) is 0.729. The van der Waals surface area contributed by atoms with Crippen molar-refractivity contribution in [3.8, 4) is 0 Å². The zero-order valence-corrected chi connectivity index (χ0v) is 9.24. The first-order valence-corrected chi connectivity index (χ1v) is 5.59. The zero-order valence-electron chi connectivity index (χ0n) is 8.42. The summed E-state index contributed by atoms with van der Waals surface area (Å²) >= 11 is 1.71. The van der Waals surface area contributed by atoms with Crippen LogP contribution in [-0.4, -0.2) is 28.6 Å². The van der Waals surface area contributed by atoms with Crippen LogP contribution < -0.4 is 5.73 Å². The number of esters is 1. The number of rotatable bonds is 1. The predicted molar refractivity (Wildman–Crippen MR) is 54.7 cm³/mol. The average molecular weight is 203 g/mol. The van der Waals surface area contributed by atoms with Crippen LogP contribution in [0.3, 0.4) is 0 Å². The third-order valence-electron chi connectivity index (χ3n) is 1.86. The van der Waals surface area contributed by atoms with Crippen molar-refractivity contribution >= 4 is 17.7 Å². The number of nitrogens with two attached hydrogens (primary N) is 1. The number of carbonyl (C=O) groups is 1. The van der Waals surface area contributed by atoms with Crippen LogP contribution in [0.2, 0.25) is 0 Å². The maximum absolute atomic E-state index is 11.6. The maximum atomic E-state index is 11.6. The Hall–Kier alpha value is -0.220. The van der Waals surface area contributed by atoms with Gasteiger partial charge in [-0.1, -0.05) is 0 Å². The lowest BCUT2D eigenvalue weighted by Gasteiger charge is -2.27. The highest BCUT2D eigenvalue weighted by atomic mass is 32.2. The molecule has 0 spiro atoms. The minimum atomic E-state index is -0.738. The van der Waals surface area contributed by atoms with Gasteiger partial charge in [0.25, 0.3) is 0 Å². The van der Waals surface area contributed by atoms with E-state index in [1.807, 2.05) is 20.8 Å². The molecule has 1 fully saturated rings. The van der Waals surface area contributed by atoms with Gasteiger partial charge in [0.1, 0.15) is 11.1 Å². The number of hydrogen-bond donors (Lipinski definition) is 1. The lowest BCUT2D eigenvalue weighted by molar-refractivity contribution is -0.160. The lowest BCUT2D eigenvalue weighted by atomic mass is 10.0. The van der Waals surface area contributed by atoms with Crippen LogP contribution in [0.5, 0.6) is 0 Å². The molecule has 1 atom stereocenters. The molecule has 0 bridgehead atoms. The van der Waals surface area contributed by atoms with Crippen LogP contribution in [-0.2, 0) is 9.53 Å². The summed E-state index contributed by atoms with van der Waals surface area (Å²) in [5.74, 6) is 1.38. The first-order chi connectivity index (χ1) is 5.83. The lowest BCUT2D eigenvalue weighted by Crippen LogP contribution is -2.51. The van der Waals surface area contributed by atoms with Crippen molar-refractivity contribution in [1.82, 2.24) is 0 Å². The summed E-state index contributed by atoms with van der Waals surface area (Å²) < 4.78 is 5.25. The van der Waals surface area contributed by atoms with E-state index < -0.39 is 11.1 Å². The van der Waals surface area contributed by atoms with Gasteiger partial charge in [0.15, 0.2) is 0 Å². The smallest absolute Gasteiger partial charge is 0.327 e. The molecule has 0 aromatic heterocycles. The second-order valence-corrected chi connectivity index (χ2v) is 5.57. The molecular formula is C9H17NO2S. The number of thioether (sulfide) groups is 1. The maximum Gasteiger partial charge on any atom is 0.327 e. The topological polar surface area (TPSA) is 52.3 Å². The Labute approximate surface area is 83.4 Å². The standard InChI is InChI=1S/C9H17NO2S/c1-8(2,3)12-7(11)9(10)4-5-13-6-9/h4-6,10H2,1-3H3/t9-/m1/s1. The van der Waals surface area contributed by atoms with Crippen molar-refractivity contribution in [2.24, 2.45) is 5.73 Å². The van der Waals surface area contributed by atoms with Crippen molar-refractivity contribution in [2.75, 3.05) is 11.5 Å². The SMILES string of the molecule is CC(C)(C)OC(=O)[C@@]1(N)CCSC1. The number of hydrogen-bond acceptors (Lipinski definition) is 4. The zero-order chi connectivity index (χ0) is 10.1. The molecule has 2 N–H and O–H groups in total. The van der Waals surface area contributed by atoms with Crippen LogP contribution in [0, 0.1) is 0 Å². The Balaban J connectivity index is 2.57. The third kappa shape index (κ3) is 2.88. The summed E-state index contributed by atoms with van der Waals surface area (Å²) in [6.45, 7) is 5.57. The van der Waals surface area contributed by atoms with Gasteiger partial charge in [-0.2, -0.15) is 11.8 Å². The Morgan fingerprint density at radius 3 is 2.54 bits per heavy atom. The molecule has 4 heteroatoms. The van der Waals surface area contributed by atoms with E-state index in [9.17, 15) is 4.79 Å². The van der Waals surface area contributed by atoms with Gasteiger partial charge in [0.2, 0.25) is 0 Å². The van der Waals surface area contributed by atoms with E-state index in [1.54, 1.807) is 11.8 Å². The molecular weight excluding hydrogens is 186 g/mol. The molecule has 0 aromatic carbocycles. The van der Waals surface area contributed by atoms with Gasteiger partial charge in [-0.25, -0.2) is 0 Å². The molecule has 1 aliphatic heterocycles. The predicted octanol–water partition coefficient (Wildman–Crippen LogP) is 1.16. The van der Waals surface area contributed by atoms with Gasteiger partial charge in [-0.3, -0.25) is 4.79 Å². The Morgan fingerprint density at radius 2 is 2.15 bits per heavy atom. The highest BCUT2D eigenvalue weighted by Crippen LogP contribution is 2.28. The Kier molecular flexibility index (Phi) is 2.92. The summed E-state index contributed by atoms with van der Waals surface area (Å²) in [7, 11) is 0. The van der Waals surface area contributed by atoms with Crippen molar-refractivity contribution in [1.29, 1.82) is 0 Å². The molecule has 1 rings (SSSR count). The largest absolute Gasteiger partial charge is 0.459 e. The molecule has 0 aromatic rings. The molecule has 1 aliphatic rings. The van der Waals surface area contributed by atoms with E-state index in [1.165, 1.54) is 0 Å². The third-order valence-corrected chi connectivity index (χ3v) is 3.07. The number of ether oxygens (including phenoxy) is 1. The van der Waals surface area contributed by atoms with E-state index in [-0.39, 0.29) is 5.97 Å². The molecule has 3 nitrogen and oxygen atoms in total. The molecule has 13 heavy (non-hydrogen) atoms. The van der Waals surface area contributed by atoms with E-state index in [4.69, 9.17) is 10.5 Å². The van der Waals surface area contributed by atoms with Crippen molar-refractivity contribution in [2.45, 2.75) is 38.3 Å². The second-order valence-electron chi connectivity index (χ2n) is 4.46. The highest BCUT2D eigenvalue weighted by molar-refractivity contribution is 7.99. The van der Waals surface area contributed by atoms with Crippen LogP contribution in [0.15, 0.2) is 0 Å². The quantitative estimate of drug-likeness (QED) is 0.650. The van der Waals surface area contributed by atoms with Crippen LogP contribution in [0.25, 0.3) is 0 Å². The summed E-state index contributed by atoms with van der Waals surface area (Å²) in [4.78, 5) is 11.6. The molecule has 0 saturated carbocycles. The van der Waals surface area contributed by atoms with E-state index in [0.717, 1.165) is 12.2 Å². The van der Waals surface area contributed by atoms with Gasteiger partial charge < -0.3 is 10.5 Å². The van der Waals surface area contributed by atoms with Crippen LogP contribution in [0.4, 0.5) is 0 Å². The first-order valence-electron chi connectivity index (χ1n) is 4.44. The molecule has 1 saturated heterocycles. The van der Waals surface area contributed by atoms with Gasteiger partial charge in [-0.15, -0.1) is 0 Å². The fourth-order valence-corrected chi connectivity index (χ4v) is 2.40. The highest BCUT2D eigenvalue weighted by Gasteiger charge is 2.40. The summed E-state index contributed by atoms with van der Waals surface area (Å²) in [5.41, 5.74) is 4.74. The first kappa shape index (κ1) is 10.9. The molecule has 76 valence electrons. The van der Waals surface area contributed by atoms with E-state index in [0.29, 0.717) is 5.75 Å². The minimum absolute atomic E-state index is 0.259. The van der Waals surface area contributed by atoms with Crippen molar-refractivity contribution in [3.63, 3.8) is 0 Å². The van der Waals surface area contributed by atoms with Crippen LogP contribution >= 0.6 is 11.8 Å². The van der Waals surface area contributed by atoms with Crippen molar-refractivity contribution in [3.05, 3.63) is 0 Å². The van der Waals surface area contributed by atoms with Gasteiger partial charge in [0, 0.05) is 5.75 Å². The molecule has 0 amide bonds. The average Bonchev–Trinajstić information content (AvgIpc) is 2.33. The van der Waals surface area contributed by atoms with E-state index >= 15 is 0 Å². The fraction of sp³-hybridized carbons (Fsp3) is 0.889. The van der Waals surface area contributed by atoms with Crippen LogP contribution in [0.1, 0.15) is 27.2 Å². The number of carbonyl (C=O) groups excluding carboxylic acids is 1. The van der Waals surface area contributed by atoms with Gasteiger partial charge >= 0.3 is 5.97 Å². The monoisotopic (exact) mass is 203 g/mol. The fourth-order valence-electron chi connectivity index (χ4n) is 1.12. The minimum Gasteiger partial charge on any atom is -0.459 e. The molecule has 0 radical (unpaired) electrons. The van der Waals surface area contributed by atoms with E-state index in [2.05, 4.69) is 0 Å². The molecule has 1 heterocycles. The van der Waals surface area contributed by atoms with Gasteiger partial charge in [0.05, 0.1) is 0 Å². The summed E-state index contributed by atoms with van der Waals surface area (Å²) in [5, 5.41) is 0. The Bertz CT molecular complexity index is 204. The molecule has 0 unspecified atom stereocenters. The molecule has 0 aliphatic carbocycles. The summed E-state index contributed by atoms with van der Waals surface area (Å²) in [6, 6.07) is 0. The second kappa shape index (κ2) is 3.50. The van der Waals surface area contributed by atoms with Gasteiger partial charge in [-0.05, 0) is 32.9 Å². The van der Waals surface area contributed by atoms with Crippen molar-refractivity contribution < 1.29 is 9.53 Å². The normalized spacial score (nSPS) is 28.9. The Morgan fingerprint density at radius 1 is 1.54 bits per heavy atom.